The first-order valence-corrected chi connectivity index (χ1v) is 8.07. The molecule has 0 fully saturated rings. The number of benzene rings is 1. The summed E-state index contributed by atoms with van der Waals surface area (Å²) in [4.78, 5) is 0.991. The van der Waals surface area contributed by atoms with Crippen molar-refractivity contribution in [3.8, 4) is 10.8 Å². The van der Waals surface area contributed by atoms with Gasteiger partial charge in [-0.05, 0) is 65.2 Å². The second-order valence-electron chi connectivity index (χ2n) is 4.30. The lowest BCUT2D eigenvalue weighted by Gasteiger charge is -2.11. The highest BCUT2D eigenvalue weighted by atomic mass is 127. The predicted octanol–water partition coefficient (Wildman–Crippen LogP) is 4.58. The minimum atomic E-state index is -0.0312. The van der Waals surface area contributed by atoms with Crippen LogP contribution in [0.2, 0.25) is 0 Å². The van der Waals surface area contributed by atoms with E-state index in [0.717, 1.165) is 10.6 Å². The predicted molar refractivity (Wildman–Crippen MR) is 88.8 cm³/mol. The highest BCUT2D eigenvalue weighted by molar-refractivity contribution is 14.1. The van der Waals surface area contributed by atoms with E-state index in [1.807, 2.05) is 36.6 Å². The largest absolute Gasteiger partial charge is 0.418 e. The fourth-order valence-electron chi connectivity index (χ4n) is 1.77. The molecule has 0 radical (unpaired) electrons. The van der Waals surface area contributed by atoms with Gasteiger partial charge >= 0.3 is 0 Å². The van der Waals surface area contributed by atoms with Crippen molar-refractivity contribution in [3.63, 3.8) is 0 Å². The van der Waals surface area contributed by atoms with Gasteiger partial charge in [0.1, 0.15) is 6.04 Å². The van der Waals surface area contributed by atoms with E-state index in [0.29, 0.717) is 11.8 Å². The normalized spacial score (nSPS) is 12.3. The molecule has 3 aromatic rings. The van der Waals surface area contributed by atoms with Crippen molar-refractivity contribution in [2.24, 2.45) is 0 Å². The summed E-state index contributed by atoms with van der Waals surface area (Å²) in [7, 11) is 0. The Labute approximate surface area is 134 Å². The van der Waals surface area contributed by atoms with Crippen molar-refractivity contribution in [3.05, 3.63) is 51.2 Å². The average molecular weight is 397 g/mol. The molecule has 2 aromatic heterocycles. The molecule has 1 N–H and O–H groups in total. The zero-order valence-corrected chi connectivity index (χ0v) is 13.7. The SMILES string of the molecule is C[C@H](Nc1ccc(I)cc1)c1nnc(-c2cccs2)o1. The molecule has 0 amide bonds. The first kappa shape index (κ1) is 13.6. The van der Waals surface area contributed by atoms with Crippen LogP contribution < -0.4 is 5.32 Å². The number of nitrogens with zero attached hydrogens (tertiary/aromatic N) is 2. The molecule has 6 heteroatoms. The molecular formula is C14H12IN3OS. The maximum Gasteiger partial charge on any atom is 0.257 e. The van der Waals surface area contributed by atoms with Gasteiger partial charge in [0, 0.05) is 9.26 Å². The van der Waals surface area contributed by atoms with Crippen molar-refractivity contribution < 1.29 is 4.42 Å². The number of thiophene rings is 1. The Hall–Kier alpha value is -1.41. The quantitative estimate of drug-likeness (QED) is 0.655. The summed E-state index contributed by atoms with van der Waals surface area (Å²) in [5, 5.41) is 13.5. The van der Waals surface area contributed by atoms with Gasteiger partial charge in [-0.15, -0.1) is 21.5 Å². The van der Waals surface area contributed by atoms with Crippen molar-refractivity contribution in [1.82, 2.24) is 10.2 Å². The van der Waals surface area contributed by atoms with E-state index in [1.54, 1.807) is 11.3 Å². The fourth-order valence-corrected chi connectivity index (χ4v) is 2.77. The van der Waals surface area contributed by atoms with Crippen LogP contribution >= 0.6 is 33.9 Å². The first-order chi connectivity index (χ1) is 9.72. The molecule has 0 saturated carbocycles. The Morgan fingerprint density at radius 3 is 2.70 bits per heavy atom. The number of hydrogen-bond acceptors (Lipinski definition) is 5. The van der Waals surface area contributed by atoms with Crippen molar-refractivity contribution in [2.45, 2.75) is 13.0 Å². The zero-order chi connectivity index (χ0) is 13.9. The van der Waals surface area contributed by atoms with E-state index >= 15 is 0 Å². The second-order valence-corrected chi connectivity index (χ2v) is 6.49. The van der Waals surface area contributed by atoms with Crippen LogP contribution in [0, 0.1) is 3.57 Å². The Morgan fingerprint density at radius 2 is 2.00 bits per heavy atom. The van der Waals surface area contributed by atoms with Gasteiger partial charge in [-0.3, -0.25) is 0 Å². The van der Waals surface area contributed by atoms with E-state index in [-0.39, 0.29) is 6.04 Å². The van der Waals surface area contributed by atoms with Crippen molar-refractivity contribution in [1.29, 1.82) is 0 Å². The minimum Gasteiger partial charge on any atom is -0.418 e. The molecule has 0 aliphatic heterocycles. The molecule has 0 spiro atoms. The van der Waals surface area contributed by atoms with Crippen LogP contribution in [0.15, 0.2) is 46.2 Å². The lowest BCUT2D eigenvalue weighted by molar-refractivity contribution is 0.486. The van der Waals surface area contributed by atoms with Gasteiger partial charge in [0.15, 0.2) is 0 Å². The molecule has 0 saturated heterocycles. The zero-order valence-electron chi connectivity index (χ0n) is 10.7. The number of halogens is 1. The molecular weight excluding hydrogens is 385 g/mol. The Bertz CT molecular complexity index is 679. The van der Waals surface area contributed by atoms with E-state index in [1.165, 1.54) is 3.57 Å². The molecule has 0 unspecified atom stereocenters. The third-order valence-electron chi connectivity index (χ3n) is 2.77. The van der Waals surface area contributed by atoms with Crippen LogP contribution in [0.1, 0.15) is 18.9 Å². The molecule has 2 heterocycles. The van der Waals surface area contributed by atoms with Crippen molar-refractivity contribution >= 4 is 39.6 Å². The van der Waals surface area contributed by atoms with E-state index in [2.05, 4.69) is 50.2 Å². The van der Waals surface area contributed by atoms with E-state index in [9.17, 15) is 0 Å². The number of nitrogens with one attached hydrogen (secondary N) is 1. The minimum absolute atomic E-state index is 0.0312. The molecule has 1 atom stereocenters. The molecule has 0 aliphatic carbocycles. The van der Waals surface area contributed by atoms with Crippen LogP contribution in [-0.4, -0.2) is 10.2 Å². The van der Waals surface area contributed by atoms with Gasteiger partial charge in [-0.1, -0.05) is 6.07 Å². The maximum atomic E-state index is 5.71. The maximum absolute atomic E-state index is 5.71. The third kappa shape index (κ3) is 3.01. The first-order valence-electron chi connectivity index (χ1n) is 6.12. The standard InChI is InChI=1S/C14H12IN3OS/c1-9(16-11-6-4-10(15)5-7-11)13-17-18-14(19-13)12-3-2-8-20-12/h2-9,16H,1H3/t9-/m0/s1. The lowest BCUT2D eigenvalue weighted by atomic mass is 10.2. The molecule has 0 bridgehead atoms. The lowest BCUT2D eigenvalue weighted by Crippen LogP contribution is -2.06. The average Bonchev–Trinajstić information content (AvgIpc) is 3.11. The monoisotopic (exact) mass is 397 g/mol. The van der Waals surface area contributed by atoms with Crippen LogP contribution in [-0.2, 0) is 0 Å². The molecule has 1 aromatic carbocycles. The van der Waals surface area contributed by atoms with E-state index < -0.39 is 0 Å². The molecule has 20 heavy (non-hydrogen) atoms. The van der Waals surface area contributed by atoms with E-state index in [4.69, 9.17) is 4.42 Å². The van der Waals surface area contributed by atoms with Crippen LogP contribution in [0.25, 0.3) is 10.8 Å². The van der Waals surface area contributed by atoms with Crippen LogP contribution in [0.4, 0.5) is 5.69 Å². The smallest absolute Gasteiger partial charge is 0.257 e. The molecule has 4 nitrogen and oxygen atoms in total. The van der Waals surface area contributed by atoms with Gasteiger partial charge in [-0.2, -0.15) is 0 Å². The molecule has 3 rings (SSSR count). The fraction of sp³-hybridized carbons (Fsp3) is 0.143. The summed E-state index contributed by atoms with van der Waals surface area (Å²) >= 11 is 3.87. The van der Waals surface area contributed by atoms with Gasteiger partial charge < -0.3 is 9.73 Å². The second kappa shape index (κ2) is 5.92. The number of anilines is 1. The summed E-state index contributed by atoms with van der Waals surface area (Å²) in [5.74, 6) is 1.17. The summed E-state index contributed by atoms with van der Waals surface area (Å²) < 4.78 is 6.92. The van der Waals surface area contributed by atoms with Gasteiger partial charge in [-0.25, -0.2) is 0 Å². The number of aromatic nitrogens is 2. The van der Waals surface area contributed by atoms with Crippen LogP contribution in [0.3, 0.4) is 0 Å². The third-order valence-corrected chi connectivity index (χ3v) is 4.35. The summed E-state index contributed by atoms with van der Waals surface area (Å²) in [6.07, 6.45) is 0. The summed E-state index contributed by atoms with van der Waals surface area (Å²) in [6, 6.07) is 12.1. The van der Waals surface area contributed by atoms with Crippen molar-refractivity contribution in [2.75, 3.05) is 5.32 Å². The number of hydrogen-bond donors (Lipinski definition) is 1. The van der Waals surface area contributed by atoms with Gasteiger partial charge in [0.25, 0.3) is 5.89 Å². The summed E-state index contributed by atoms with van der Waals surface area (Å²) in [5.41, 5.74) is 1.04. The summed E-state index contributed by atoms with van der Waals surface area (Å²) in [6.45, 7) is 2.00. The Balaban J connectivity index is 1.74. The highest BCUT2D eigenvalue weighted by Gasteiger charge is 2.15. The van der Waals surface area contributed by atoms with Crippen LogP contribution in [0.5, 0.6) is 0 Å². The highest BCUT2D eigenvalue weighted by Crippen LogP contribution is 2.26. The Kier molecular flexibility index (Phi) is 4.02. The molecule has 0 aliphatic rings. The molecule has 102 valence electrons. The number of rotatable bonds is 4. The topological polar surface area (TPSA) is 51.0 Å². The Morgan fingerprint density at radius 1 is 1.20 bits per heavy atom. The van der Waals surface area contributed by atoms with Gasteiger partial charge in [0.2, 0.25) is 5.89 Å². The van der Waals surface area contributed by atoms with Gasteiger partial charge in [0.05, 0.1) is 4.88 Å².